The Morgan fingerprint density at radius 3 is 2.57 bits per heavy atom. The molecule has 5 heteroatoms. The van der Waals surface area contributed by atoms with Crippen LogP contribution in [-0.2, 0) is 4.74 Å². The maximum absolute atomic E-state index is 10.7. The lowest BCUT2D eigenvalue weighted by atomic mass is 10.1. The fourth-order valence-corrected chi connectivity index (χ4v) is 2.18. The number of fused-ring (bicyclic) bond motifs is 1. The van der Waals surface area contributed by atoms with Crippen LogP contribution < -0.4 is 0 Å². The monoisotopic (exact) mass is 280 g/mol. The molecule has 0 spiro atoms. The number of nitro groups is 1. The lowest BCUT2D eigenvalue weighted by Crippen LogP contribution is -2.15. The number of nitro benzene ring substituents is 1. The van der Waals surface area contributed by atoms with Crippen LogP contribution in [0.15, 0.2) is 66.2 Å². The molecule has 0 N–H and O–H groups in total. The van der Waals surface area contributed by atoms with Crippen molar-refractivity contribution in [3.05, 3.63) is 82.4 Å². The van der Waals surface area contributed by atoms with E-state index in [1.807, 2.05) is 24.3 Å². The molecule has 2 aromatic carbocycles. The van der Waals surface area contributed by atoms with Gasteiger partial charge in [-0.25, -0.2) is 4.99 Å². The number of ether oxygens (including phenoxy) is 1. The Morgan fingerprint density at radius 1 is 1.19 bits per heavy atom. The third-order valence-electron chi connectivity index (χ3n) is 3.24. The highest BCUT2D eigenvalue weighted by Crippen LogP contribution is 2.34. The molecule has 21 heavy (non-hydrogen) atoms. The van der Waals surface area contributed by atoms with Crippen molar-refractivity contribution in [2.75, 3.05) is 0 Å². The first-order valence-corrected chi connectivity index (χ1v) is 6.40. The predicted molar refractivity (Wildman–Crippen MR) is 79.8 cm³/mol. The van der Waals surface area contributed by atoms with Gasteiger partial charge in [-0.05, 0) is 24.3 Å². The molecule has 1 aliphatic rings. The molecule has 0 saturated heterocycles. The van der Waals surface area contributed by atoms with Gasteiger partial charge in [0.2, 0.25) is 5.90 Å². The summed E-state index contributed by atoms with van der Waals surface area (Å²) in [7, 11) is 0. The topological polar surface area (TPSA) is 64.7 Å². The number of aliphatic imine (C=N–C) groups is 1. The Morgan fingerprint density at radius 2 is 1.90 bits per heavy atom. The SMILES string of the molecule is C=C[C@H]1OC(c2ccc([N+](=O)[O-])cc2)=Nc2ccccc21. The van der Waals surface area contributed by atoms with Crippen LogP contribution >= 0.6 is 0 Å². The van der Waals surface area contributed by atoms with Crippen LogP contribution in [0.25, 0.3) is 0 Å². The molecular formula is C16H12N2O3. The first kappa shape index (κ1) is 13.1. The Kier molecular flexibility index (Phi) is 3.23. The smallest absolute Gasteiger partial charge is 0.269 e. The third kappa shape index (κ3) is 2.41. The maximum Gasteiger partial charge on any atom is 0.269 e. The fraction of sp³-hybridized carbons (Fsp3) is 0.0625. The summed E-state index contributed by atoms with van der Waals surface area (Å²) in [6.07, 6.45) is 1.43. The minimum Gasteiger partial charge on any atom is -0.465 e. The minimum atomic E-state index is -0.435. The van der Waals surface area contributed by atoms with Crippen molar-refractivity contribution >= 4 is 17.3 Å². The summed E-state index contributed by atoms with van der Waals surface area (Å²) in [6, 6.07) is 13.8. The Labute approximate surface area is 121 Å². The summed E-state index contributed by atoms with van der Waals surface area (Å²) in [5.41, 5.74) is 2.51. The van der Waals surface area contributed by atoms with E-state index < -0.39 is 4.92 Å². The summed E-state index contributed by atoms with van der Waals surface area (Å²) in [5.74, 6) is 0.438. The van der Waals surface area contributed by atoms with E-state index in [0.717, 1.165) is 11.3 Å². The molecule has 1 atom stereocenters. The average molecular weight is 280 g/mol. The van der Waals surface area contributed by atoms with Crippen LogP contribution in [0.3, 0.4) is 0 Å². The molecule has 0 amide bonds. The molecule has 0 unspecified atom stereocenters. The molecule has 0 fully saturated rings. The van der Waals surface area contributed by atoms with Gasteiger partial charge in [0.15, 0.2) is 0 Å². The van der Waals surface area contributed by atoms with Crippen LogP contribution in [0.5, 0.6) is 0 Å². The quantitative estimate of drug-likeness (QED) is 0.486. The molecule has 0 aliphatic carbocycles. The number of nitrogens with zero attached hydrogens (tertiary/aromatic N) is 2. The van der Waals surface area contributed by atoms with Gasteiger partial charge in [-0.15, -0.1) is 0 Å². The largest absolute Gasteiger partial charge is 0.465 e. The summed E-state index contributed by atoms with van der Waals surface area (Å²) in [5, 5.41) is 10.7. The van der Waals surface area contributed by atoms with Gasteiger partial charge in [0.05, 0.1) is 10.6 Å². The zero-order valence-corrected chi connectivity index (χ0v) is 11.1. The molecule has 2 aromatic rings. The number of hydrogen-bond acceptors (Lipinski definition) is 4. The van der Waals surface area contributed by atoms with Crippen molar-refractivity contribution < 1.29 is 9.66 Å². The van der Waals surface area contributed by atoms with E-state index in [0.29, 0.717) is 11.5 Å². The Bertz CT molecular complexity index is 735. The Balaban J connectivity index is 2.01. The van der Waals surface area contributed by atoms with Crippen molar-refractivity contribution in [1.82, 2.24) is 0 Å². The second-order valence-corrected chi connectivity index (χ2v) is 4.55. The summed E-state index contributed by atoms with van der Waals surface area (Å²) >= 11 is 0. The molecule has 1 aliphatic heterocycles. The minimum absolute atomic E-state index is 0.0378. The zero-order chi connectivity index (χ0) is 14.8. The van der Waals surface area contributed by atoms with Crippen LogP contribution in [-0.4, -0.2) is 10.8 Å². The number of para-hydroxylation sites is 1. The fourth-order valence-electron chi connectivity index (χ4n) is 2.18. The van der Waals surface area contributed by atoms with Gasteiger partial charge in [-0.2, -0.15) is 0 Å². The van der Waals surface area contributed by atoms with Gasteiger partial charge in [0, 0.05) is 23.3 Å². The molecule has 0 radical (unpaired) electrons. The van der Waals surface area contributed by atoms with Crippen molar-refractivity contribution in [3.63, 3.8) is 0 Å². The van der Waals surface area contributed by atoms with Gasteiger partial charge in [-0.1, -0.05) is 24.8 Å². The summed E-state index contributed by atoms with van der Waals surface area (Å²) in [6.45, 7) is 3.78. The second-order valence-electron chi connectivity index (χ2n) is 4.55. The molecule has 0 aromatic heterocycles. The van der Waals surface area contributed by atoms with Crippen LogP contribution in [0.1, 0.15) is 17.2 Å². The summed E-state index contributed by atoms with van der Waals surface area (Å²) in [4.78, 5) is 14.7. The number of benzene rings is 2. The molecule has 5 nitrogen and oxygen atoms in total. The zero-order valence-electron chi connectivity index (χ0n) is 11.1. The molecule has 104 valence electrons. The maximum atomic E-state index is 10.7. The van der Waals surface area contributed by atoms with E-state index in [4.69, 9.17) is 4.74 Å². The van der Waals surface area contributed by atoms with Crippen molar-refractivity contribution in [2.45, 2.75) is 6.10 Å². The average Bonchev–Trinajstić information content (AvgIpc) is 2.53. The molecule has 1 heterocycles. The first-order valence-electron chi connectivity index (χ1n) is 6.40. The van der Waals surface area contributed by atoms with E-state index in [9.17, 15) is 10.1 Å². The van der Waals surface area contributed by atoms with E-state index in [2.05, 4.69) is 11.6 Å². The van der Waals surface area contributed by atoms with E-state index in [-0.39, 0.29) is 11.8 Å². The highest BCUT2D eigenvalue weighted by Gasteiger charge is 2.22. The number of rotatable bonds is 3. The van der Waals surface area contributed by atoms with Crippen molar-refractivity contribution in [2.24, 2.45) is 4.99 Å². The third-order valence-corrected chi connectivity index (χ3v) is 3.24. The Hall–Kier alpha value is -2.95. The van der Waals surface area contributed by atoms with Gasteiger partial charge in [0.25, 0.3) is 5.69 Å². The number of non-ortho nitro benzene ring substituents is 1. The van der Waals surface area contributed by atoms with E-state index in [1.54, 1.807) is 18.2 Å². The second kappa shape index (κ2) is 5.20. The normalized spacial score (nSPS) is 16.4. The lowest BCUT2D eigenvalue weighted by Gasteiger charge is -2.23. The molecule has 0 saturated carbocycles. The number of hydrogen-bond donors (Lipinski definition) is 0. The standard InChI is InChI=1S/C16H12N2O3/c1-2-15-13-5-3-4-6-14(13)17-16(21-15)11-7-9-12(10-8-11)18(19)20/h2-10,15H,1H2/t15-/m1/s1. The van der Waals surface area contributed by atoms with Gasteiger partial charge in [-0.3, -0.25) is 10.1 Å². The lowest BCUT2D eigenvalue weighted by molar-refractivity contribution is -0.384. The molecule has 0 bridgehead atoms. The van der Waals surface area contributed by atoms with Crippen LogP contribution in [0.4, 0.5) is 11.4 Å². The molecular weight excluding hydrogens is 268 g/mol. The van der Waals surface area contributed by atoms with Gasteiger partial charge in [0.1, 0.15) is 6.10 Å². The van der Waals surface area contributed by atoms with Crippen molar-refractivity contribution in [3.8, 4) is 0 Å². The van der Waals surface area contributed by atoms with Gasteiger partial charge < -0.3 is 4.74 Å². The van der Waals surface area contributed by atoms with E-state index in [1.165, 1.54) is 12.1 Å². The predicted octanol–water partition coefficient (Wildman–Crippen LogP) is 3.93. The van der Waals surface area contributed by atoms with E-state index >= 15 is 0 Å². The van der Waals surface area contributed by atoms with Crippen molar-refractivity contribution in [1.29, 1.82) is 0 Å². The first-order chi connectivity index (χ1) is 10.2. The van der Waals surface area contributed by atoms with Gasteiger partial charge >= 0.3 is 0 Å². The molecule has 3 rings (SSSR count). The van der Waals surface area contributed by atoms with Crippen LogP contribution in [0, 0.1) is 10.1 Å². The highest BCUT2D eigenvalue weighted by molar-refractivity contribution is 5.97. The highest BCUT2D eigenvalue weighted by atomic mass is 16.6. The summed E-state index contributed by atoms with van der Waals surface area (Å²) < 4.78 is 5.81. The van der Waals surface area contributed by atoms with Crippen LogP contribution in [0.2, 0.25) is 0 Å².